The average Bonchev–Trinajstić information content (AvgIpc) is 2.19. The van der Waals surface area contributed by atoms with E-state index in [2.05, 4.69) is 11.9 Å². The van der Waals surface area contributed by atoms with Crippen LogP contribution in [0, 0.1) is 5.92 Å². The second kappa shape index (κ2) is 4.94. The Labute approximate surface area is 79.2 Å². The van der Waals surface area contributed by atoms with Crippen molar-refractivity contribution < 1.29 is 0 Å². The molecule has 2 atom stereocenters. The van der Waals surface area contributed by atoms with E-state index in [9.17, 15) is 0 Å². The Kier molecular flexibility index (Phi) is 3.86. The standard InChI is InChI=1S/C10H17N3/c1-8(7-11)6-10(12)9-2-4-13-5-3-9/h2-5,8,10H,6-7,11-12H2,1H3. The lowest BCUT2D eigenvalue weighted by atomic mass is 9.97. The third kappa shape index (κ3) is 3.13. The summed E-state index contributed by atoms with van der Waals surface area (Å²) >= 11 is 0. The first kappa shape index (κ1) is 10.2. The predicted octanol–water partition coefficient (Wildman–Crippen LogP) is 1.07. The first-order valence-corrected chi connectivity index (χ1v) is 4.59. The first-order valence-electron chi connectivity index (χ1n) is 4.59. The molecule has 0 amide bonds. The van der Waals surface area contributed by atoms with Crippen molar-refractivity contribution in [2.24, 2.45) is 17.4 Å². The van der Waals surface area contributed by atoms with Gasteiger partial charge in [-0.05, 0) is 36.6 Å². The minimum absolute atomic E-state index is 0.0848. The van der Waals surface area contributed by atoms with Gasteiger partial charge in [-0.2, -0.15) is 0 Å². The molecule has 1 aromatic heterocycles. The van der Waals surface area contributed by atoms with Crippen LogP contribution in [0.1, 0.15) is 24.9 Å². The highest BCUT2D eigenvalue weighted by Gasteiger charge is 2.09. The molecular formula is C10H17N3. The van der Waals surface area contributed by atoms with E-state index in [0.717, 1.165) is 12.0 Å². The number of hydrogen-bond donors (Lipinski definition) is 2. The van der Waals surface area contributed by atoms with Gasteiger partial charge in [-0.25, -0.2) is 0 Å². The summed E-state index contributed by atoms with van der Waals surface area (Å²) in [4.78, 5) is 3.95. The van der Waals surface area contributed by atoms with Crippen LogP contribution in [0.5, 0.6) is 0 Å². The van der Waals surface area contributed by atoms with Gasteiger partial charge < -0.3 is 11.5 Å². The maximum absolute atomic E-state index is 5.99. The largest absolute Gasteiger partial charge is 0.330 e. The molecule has 1 aromatic rings. The summed E-state index contributed by atoms with van der Waals surface area (Å²) in [7, 11) is 0. The quantitative estimate of drug-likeness (QED) is 0.726. The van der Waals surface area contributed by atoms with E-state index in [4.69, 9.17) is 11.5 Å². The Morgan fingerprint density at radius 3 is 2.54 bits per heavy atom. The first-order chi connectivity index (χ1) is 6.24. The highest BCUT2D eigenvalue weighted by atomic mass is 14.7. The van der Waals surface area contributed by atoms with E-state index >= 15 is 0 Å². The molecule has 1 heterocycles. The molecule has 3 heteroatoms. The molecule has 0 aliphatic rings. The highest BCUT2D eigenvalue weighted by Crippen LogP contribution is 2.16. The number of pyridine rings is 1. The molecule has 1 rings (SSSR count). The van der Waals surface area contributed by atoms with Gasteiger partial charge in [0.25, 0.3) is 0 Å². The summed E-state index contributed by atoms with van der Waals surface area (Å²) < 4.78 is 0. The van der Waals surface area contributed by atoms with Crippen LogP contribution in [0.4, 0.5) is 0 Å². The molecule has 0 bridgehead atoms. The molecule has 0 spiro atoms. The summed E-state index contributed by atoms with van der Waals surface area (Å²) in [6.45, 7) is 2.81. The van der Waals surface area contributed by atoms with E-state index in [0.29, 0.717) is 12.5 Å². The van der Waals surface area contributed by atoms with Crippen molar-refractivity contribution in [2.45, 2.75) is 19.4 Å². The van der Waals surface area contributed by atoms with Crippen molar-refractivity contribution in [2.75, 3.05) is 6.54 Å². The van der Waals surface area contributed by atoms with Gasteiger partial charge in [-0.3, -0.25) is 4.98 Å². The molecule has 0 fully saturated rings. The second-order valence-electron chi connectivity index (χ2n) is 3.46. The summed E-state index contributed by atoms with van der Waals surface area (Å²) in [5.41, 5.74) is 12.7. The van der Waals surface area contributed by atoms with Gasteiger partial charge in [-0.1, -0.05) is 6.92 Å². The van der Waals surface area contributed by atoms with Crippen molar-refractivity contribution >= 4 is 0 Å². The van der Waals surface area contributed by atoms with E-state index in [1.54, 1.807) is 12.4 Å². The fourth-order valence-electron chi connectivity index (χ4n) is 1.28. The van der Waals surface area contributed by atoms with Crippen molar-refractivity contribution in [1.29, 1.82) is 0 Å². The summed E-state index contributed by atoms with van der Waals surface area (Å²) in [6.07, 6.45) is 4.46. The second-order valence-corrected chi connectivity index (χ2v) is 3.46. The van der Waals surface area contributed by atoms with Crippen LogP contribution < -0.4 is 11.5 Å². The van der Waals surface area contributed by atoms with Gasteiger partial charge in [0, 0.05) is 18.4 Å². The van der Waals surface area contributed by atoms with Crippen LogP contribution in [0.25, 0.3) is 0 Å². The normalized spacial score (nSPS) is 15.3. The third-order valence-electron chi connectivity index (χ3n) is 2.19. The van der Waals surface area contributed by atoms with Gasteiger partial charge in [0.2, 0.25) is 0 Å². The van der Waals surface area contributed by atoms with Gasteiger partial charge >= 0.3 is 0 Å². The molecule has 72 valence electrons. The number of rotatable bonds is 4. The summed E-state index contributed by atoms with van der Waals surface area (Å²) in [5, 5.41) is 0. The van der Waals surface area contributed by atoms with Gasteiger partial charge in [0.05, 0.1) is 0 Å². The fourth-order valence-corrected chi connectivity index (χ4v) is 1.28. The van der Waals surface area contributed by atoms with Crippen LogP contribution >= 0.6 is 0 Å². The lowest BCUT2D eigenvalue weighted by Crippen LogP contribution is -2.19. The molecule has 0 aliphatic carbocycles. The van der Waals surface area contributed by atoms with Crippen LogP contribution in [0.3, 0.4) is 0 Å². The lowest BCUT2D eigenvalue weighted by molar-refractivity contribution is 0.482. The Hall–Kier alpha value is -0.930. The molecule has 0 saturated carbocycles. The number of nitrogens with zero attached hydrogens (tertiary/aromatic N) is 1. The van der Waals surface area contributed by atoms with E-state index in [1.165, 1.54) is 0 Å². The average molecular weight is 179 g/mol. The Morgan fingerprint density at radius 1 is 1.38 bits per heavy atom. The van der Waals surface area contributed by atoms with E-state index in [1.807, 2.05) is 12.1 Å². The summed E-state index contributed by atoms with van der Waals surface area (Å²) in [6, 6.07) is 3.99. The predicted molar refractivity (Wildman–Crippen MR) is 54.0 cm³/mol. The highest BCUT2D eigenvalue weighted by molar-refractivity contribution is 5.14. The van der Waals surface area contributed by atoms with Crippen LogP contribution in [-0.2, 0) is 0 Å². The monoisotopic (exact) mass is 179 g/mol. The van der Waals surface area contributed by atoms with Crippen molar-refractivity contribution in [1.82, 2.24) is 4.98 Å². The number of hydrogen-bond acceptors (Lipinski definition) is 3. The number of nitrogens with two attached hydrogens (primary N) is 2. The fraction of sp³-hybridized carbons (Fsp3) is 0.500. The van der Waals surface area contributed by atoms with Crippen molar-refractivity contribution in [3.63, 3.8) is 0 Å². The molecule has 0 aliphatic heterocycles. The zero-order valence-electron chi connectivity index (χ0n) is 7.98. The molecular weight excluding hydrogens is 162 g/mol. The number of aromatic nitrogens is 1. The Morgan fingerprint density at radius 2 is 2.00 bits per heavy atom. The molecule has 0 saturated heterocycles. The van der Waals surface area contributed by atoms with Crippen LogP contribution in [-0.4, -0.2) is 11.5 Å². The molecule has 13 heavy (non-hydrogen) atoms. The van der Waals surface area contributed by atoms with Crippen molar-refractivity contribution in [3.05, 3.63) is 30.1 Å². The zero-order chi connectivity index (χ0) is 9.68. The topological polar surface area (TPSA) is 64.9 Å². The minimum atomic E-state index is 0.0848. The Balaban J connectivity index is 2.53. The maximum atomic E-state index is 5.99. The van der Waals surface area contributed by atoms with E-state index in [-0.39, 0.29) is 6.04 Å². The molecule has 0 aromatic carbocycles. The third-order valence-corrected chi connectivity index (χ3v) is 2.19. The minimum Gasteiger partial charge on any atom is -0.330 e. The van der Waals surface area contributed by atoms with Gasteiger partial charge in [0.1, 0.15) is 0 Å². The van der Waals surface area contributed by atoms with Gasteiger partial charge in [0.15, 0.2) is 0 Å². The van der Waals surface area contributed by atoms with Crippen LogP contribution in [0.2, 0.25) is 0 Å². The molecule has 0 radical (unpaired) electrons. The zero-order valence-corrected chi connectivity index (χ0v) is 7.98. The Bertz CT molecular complexity index is 235. The maximum Gasteiger partial charge on any atom is 0.0298 e. The van der Waals surface area contributed by atoms with Crippen molar-refractivity contribution in [3.8, 4) is 0 Å². The summed E-state index contributed by atoms with van der Waals surface area (Å²) in [5.74, 6) is 0.475. The molecule has 3 nitrogen and oxygen atoms in total. The lowest BCUT2D eigenvalue weighted by Gasteiger charge is -2.15. The smallest absolute Gasteiger partial charge is 0.0298 e. The SMILES string of the molecule is CC(CN)CC(N)c1ccncc1. The molecule has 4 N–H and O–H groups in total. The van der Waals surface area contributed by atoms with E-state index < -0.39 is 0 Å². The van der Waals surface area contributed by atoms with Crippen LogP contribution in [0.15, 0.2) is 24.5 Å². The molecule has 2 unspecified atom stereocenters. The van der Waals surface area contributed by atoms with Gasteiger partial charge in [-0.15, -0.1) is 0 Å².